The van der Waals surface area contributed by atoms with Gasteiger partial charge >= 0.3 is 0 Å². The topological polar surface area (TPSA) is 114 Å². The highest BCUT2D eigenvalue weighted by atomic mass is 16.5. The largest absolute Gasteiger partial charge is 0.360 e. The Kier molecular flexibility index (Phi) is 4.57. The Balaban J connectivity index is 1.69. The zero-order chi connectivity index (χ0) is 22.0. The summed E-state index contributed by atoms with van der Waals surface area (Å²) >= 11 is 0. The molecule has 2 bridgehead atoms. The lowest BCUT2D eigenvalue weighted by atomic mass is 9.74. The smallest absolute Gasteiger partial charge is 0.246 e. The summed E-state index contributed by atoms with van der Waals surface area (Å²) in [6.45, 7) is 11.1. The zero-order valence-corrected chi connectivity index (χ0v) is 18.1. The molecule has 2 fully saturated rings. The molecule has 3 amide bonds. The van der Waals surface area contributed by atoms with Crippen LogP contribution < -0.4 is 10.6 Å². The molecule has 0 radical (unpaired) electrons. The molecule has 0 unspecified atom stereocenters. The van der Waals surface area contributed by atoms with Crippen LogP contribution in [0.25, 0.3) is 0 Å². The number of anilines is 1. The number of fused-ring (bicyclic) bond motifs is 1. The van der Waals surface area contributed by atoms with Crippen molar-refractivity contribution in [1.29, 1.82) is 0 Å². The first-order valence-electron chi connectivity index (χ1n) is 10.2. The minimum absolute atomic E-state index is 0.230. The second-order valence-electron chi connectivity index (χ2n) is 9.59. The van der Waals surface area contributed by atoms with Gasteiger partial charge in [0.15, 0.2) is 5.82 Å². The van der Waals surface area contributed by atoms with Gasteiger partial charge in [0.25, 0.3) is 0 Å². The summed E-state index contributed by atoms with van der Waals surface area (Å²) in [5.41, 5.74) is -1.64. The summed E-state index contributed by atoms with van der Waals surface area (Å²) in [5.74, 6) is -1.60. The fourth-order valence-corrected chi connectivity index (χ4v) is 4.83. The first kappa shape index (κ1) is 20.6. The van der Waals surface area contributed by atoms with Gasteiger partial charge in [-0.3, -0.25) is 14.4 Å². The van der Waals surface area contributed by atoms with Crippen LogP contribution >= 0.6 is 0 Å². The van der Waals surface area contributed by atoms with Crippen LogP contribution in [-0.2, 0) is 19.1 Å². The minimum Gasteiger partial charge on any atom is -0.360 e. The van der Waals surface area contributed by atoms with Crippen molar-refractivity contribution >= 4 is 23.5 Å². The number of nitrogens with zero attached hydrogens (tertiary/aromatic N) is 2. The number of hydrogen-bond acceptors (Lipinski definition) is 6. The third-order valence-corrected chi connectivity index (χ3v) is 5.80. The maximum Gasteiger partial charge on any atom is 0.246 e. The summed E-state index contributed by atoms with van der Waals surface area (Å²) in [4.78, 5) is 41.4. The first-order valence-corrected chi connectivity index (χ1v) is 10.2. The highest BCUT2D eigenvalue weighted by molar-refractivity contribution is 6.02. The van der Waals surface area contributed by atoms with Crippen molar-refractivity contribution in [3.05, 3.63) is 24.0 Å². The van der Waals surface area contributed by atoms with Gasteiger partial charge in [-0.05, 0) is 41.5 Å². The number of hydrogen-bond donors (Lipinski definition) is 2. The number of likely N-dealkylation sites (tertiary alicyclic amines) is 1. The summed E-state index contributed by atoms with van der Waals surface area (Å²) < 4.78 is 11.2. The molecule has 4 rings (SSSR count). The lowest BCUT2D eigenvalue weighted by Crippen LogP contribution is -2.59. The quantitative estimate of drug-likeness (QED) is 0.717. The van der Waals surface area contributed by atoms with Crippen LogP contribution in [0.3, 0.4) is 0 Å². The van der Waals surface area contributed by atoms with Gasteiger partial charge in [0.1, 0.15) is 17.4 Å². The van der Waals surface area contributed by atoms with Crippen LogP contribution in [0.15, 0.2) is 22.7 Å². The Hall–Kier alpha value is -2.68. The van der Waals surface area contributed by atoms with E-state index in [4.69, 9.17) is 9.26 Å². The highest BCUT2D eigenvalue weighted by Gasteiger charge is 2.73. The molecular formula is C21H28N4O5. The van der Waals surface area contributed by atoms with Crippen LogP contribution in [0.2, 0.25) is 0 Å². The molecule has 30 heavy (non-hydrogen) atoms. The normalized spacial score (nSPS) is 32.1. The maximum atomic E-state index is 13.5. The Bertz CT molecular complexity index is 930. The van der Waals surface area contributed by atoms with Crippen molar-refractivity contribution in [2.45, 2.75) is 70.9 Å². The van der Waals surface area contributed by atoms with Crippen LogP contribution in [-0.4, -0.2) is 57.1 Å². The molecule has 5 atom stereocenters. The van der Waals surface area contributed by atoms with Crippen molar-refractivity contribution in [2.75, 3.05) is 5.32 Å². The highest BCUT2D eigenvalue weighted by Crippen LogP contribution is 2.55. The predicted molar refractivity (Wildman–Crippen MR) is 107 cm³/mol. The summed E-state index contributed by atoms with van der Waals surface area (Å²) in [6.07, 6.45) is 2.99. The lowest BCUT2D eigenvalue weighted by molar-refractivity contribution is -0.143. The lowest BCUT2D eigenvalue weighted by Gasteiger charge is -2.36. The fraction of sp³-hybridized carbons (Fsp3) is 0.619. The molecule has 2 saturated heterocycles. The molecular weight excluding hydrogens is 388 g/mol. The number of amides is 3. The first-order chi connectivity index (χ1) is 13.9. The van der Waals surface area contributed by atoms with E-state index < -0.39 is 35.1 Å². The van der Waals surface area contributed by atoms with E-state index in [9.17, 15) is 14.4 Å². The number of carbonyl (C=O) groups excluding carboxylic acids is 3. The van der Waals surface area contributed by atoms with E-state index in [1.807, 2.05) is 34.6 Å². The molecule has 0 aromatic carbocycles. The van der Waals surface area contributed by atoms with E-state index in [1.54, 1.807) is 30.0 Å². The Morgan fingerprint density at radius 2 is 1.97 bits per heavy atom. The number of aromatic nitrogens is 1. The third kappa shape index (κ3) is 3.03. The molecule has 2 N–H and O–H groups in total. The van der Waals surface area contributed by atoms with Crippen molar-refractivity contribution in [1.82, 2.24) is 15.4 Å². The SMILES string of the molecule is Cc1cc(NC(=O)[C@H]2[C@@H]3C=C[C@]4(O3)[C@@H]2C(=O)N(C(C)C)[C@@H]4C(=O)NC(C)(C)C)no1. The predicted octanol–water partition coefficient (Wildman–Crippen LogP) is 1.40. The van der Waals surface area contributed by atoms with Crippen molar-refractivity contribution in [3.63, 3.8) is 0 Å². The van der Waals surface area contributed by atoms with Crippen LogP contribution in [0, 0.1) is 18.8 Å². The third-order valence-electron chi connectivity index (χ3n) is 5.80. The van der Waals surface area contributed by atoms with Crippen molar-refractivity contribution in [3.8, 4) is 0 Å². The van der Waals surface area contributed by atoms with Gasteiger partial charge in [-0.25, -0.2) is 0 Å². The second-order valence-corrected chi connectivity index (χ2v) is 9.59. The molecule has 9 heteroatoms. The Morgan fingerprint density at radius 1 is 1.27 bits per heavy atom. The molecule has 0 aliphatic carbocycles. The summed E-state index contributed by atoms with van der Waals surface area (Å²) in [5, 5.41) is 9.48. The summed E-state index contributed by atoms with van der Waals surface area (Å²) in [6, 6.07) is 0.530. The number of rotatable bonds is 4. The van der Waals surface area contributed by atoms with Gasteiger partial charge in [-0.15, -0.1) is 0 Å². The van der Waals surface area contributed by atoms with Crippen molar-refractivity contribution in [2.24, 2.45) is 11.8 Å². The zero-order valence-electron chi connectivity index (χ0n) is 18.1. The molecule has 9 nitrogen and oxygen atoms in total. The van der Waals surface area contributed by atoms with Crippen molar-refractivity contribution < 1.29 is 23.6 Å². The number of nitrogens with one attached hydrogen (secondary N) is 2. The molecule has 0 saturated carbocycles. The number of aryl methyl sites for hydroxylation is 1. The van der Waals surface area contributed by atoms with Gasteiger partial charge in [0.05, 0.1) is 17.9 Å². The van der Waals surface area contributed by atoms with Crippen LogP contribution in [0.5, 0.6) is 0 Å². The molecule has 1 aromatic rings. The molecule has 4 heterocycles. The van der Waals surface area contributed by atoms with E-state index >= 15 is 0 Å². The summed E-state index contributed by atoms with van der Waals surface area (Å²) in [7, 11) is 0. The fourth-order valence-electron chi connectivity index (χ4n) is 4.83. The minimum atomic E-state index is -1.16. The molecule has 1 aromatic heterocycles. The molecule has 162 valence electrons. The van der Waals surface area contributed by atoms with Gasteiger partial charge in [0, 0.05) is 17.6 Å². The number of carbonyl (C=O) groups is 3. The van der Waals surface area contributed by atoms with Gasteiger partial charge in [0.2, 0.25) is 17.7 Å². The number of ether oxygens (including phenoxy) is 1. The van der Waals surface area contributed by atoms with Gasteiger partial charge < -0.3 is 24.8 Å². The standard InChI is InChI=1S/C21H28N4O5/c1-10(2)25-16(18(27)23-20(4,5)6)21-8-7-12(29-21)14(15(21)19(25)28)17(26)22-13-9-11(3)30-24-13/h7-10,12,14-16H,1-6H3,(H,23,27)(H,22,24,26)/t12-,14-,15-,16+,21-/m0/s1. The average Bonchev–Trinajstić information content (AvgIpc) is 3.33. The van der Waals surface area contributed by atoms with Gasteiger partial charge in [-0.1, -0.05) is 17.3 Å². The second kappa shape index (κ2) is 6.66. The van der Waals surface area contributed by atoms with Gasteiger partial charge in [-0.2, -0.15) is 0 Å². The van der Waals surface area contributed by atoms with E-state index in [1.165, 1.54) is 0 Å². The molecule has 3 aliphatic heterocycles. The Morgan fingerprint density at radius 3 is 2.53 bits per heavy atom. The van der Waals surface area contributed by atoms with E-state index in [0.717, 1.165) is 0 Å². The molecule has 1 spiro atoms. The van der Waals surface area contributed by atoms with E-state index in [-0.39, 0.29) is 29.6 Å². The Labute approximate surface area is 175 Å². The van der Waals surface area contributed by atoms with Crippen LogP contribution in [0.1, 0.15) is 40.4 Å². The molecule has 3 aliphatic rings. The monoisotopic (exact) mass is 416 g/mol. The average molecular weight is 416 g/mol. The van der Waals surface area contributed by atoms with E-state index in [2.05, 4.69) is 15.8 Å². The van der Waals surface area contributed by atoms with Crippen LogP contribution in [0.4, 0.5) is 5.82 Å². The van der Waals surface area contributed by atoms with E-state index in [0.29, 0.717) is 5.76 Å². The maximum absolute atomic E-state index is 13.5.